The van der Waals surface area contributed by atoms with Gasteiger partial charge in [0.15, 0.2) is 9.84 Å². The number of nitrogens with zero attached hydrogens (tertiary/aromatic N) is 1. The molecule has 0 aliphatic carbocycles. The van der Waals surface area contributed by atoms with Gasteiger partial charge in [0.05, 0.1) is 22.7 Å². The second kappa shape index (κ2) is 7.61. The first-order valence-electron chi connectivity index (χ1n) is 8.70. The van der Waals surface area contributed by atoms with E-state index in [1.54, 1.807) is 37.3 Å². The predicted octanol–water partition coefficient (Wildman–Crippen LogP) is 2.63. The zero-order chi connectivity index (χ0) is 19.7. The Balaban J connectivity index is 1.90. The lowest BCUT2D eigenvalue weighted by atomic mass is 10.2. The second-order valence-electron chi connectivity index (χ2n) is 6.64. The molecular weight excluding hydrogens is 386 g/mol. The molecule has 0 N–H and O–H groups in total. The van der Waals surface area contributed by atoms with Crippen molar-refractivity contribution >= 4 is 19.9 Å². The largest absolute Gasteiger partial charge is 0.497 e. The van der Waals surface area contributed by atoms with E-state index in [0.717, 1.165) is 0 Å². The van der Waals surface area contributed by atoms with Crippen LogP contribution in [0.3, 0.4) is 0 Å². The molecule has 1 saturated heterocycles. The number of sulfone groups is 1. The quantitative estimate of drug-likeness (QED) is 0.733. The van der Waals surface area contributed by atoms with Crippen LogP contribution < -0.4 is 4.74 Å². The number of hydrogen-bond acceptors (Lipinski definition) is 5. The number of hydrogen-bond donors (Lipinski definition) is 0. The van der Waals surface area contributed by atoms with Crippen molar-refractivity contribution in [1.29, 1.82) is 0 Å². The van der Waals surface area contributed by atoms with E-state index >= 15 is 0 Å². The Labute approximate surface area is 160 Å². The fourth-order valence-electron chi connectivity index (χ4n) is 3.43. The molecule has 0 spiro atoms. The van der Waals surface area contributed by atoms with Crippen LogP contribution in [0.25, 0.3) is 0 Å². The predicted molar refractivity (Wildman–Crippen MR) is 103 cm³/mol. The van der Waals surface area contributed by atoms with Gasteiger partial charge in [0, 0.05) is 12.6 Å². The maximum Gasteiger partial charge on any atom is 0.243 e. The van der Waals surface area contributed by atoms with Crippen LogP contribution in [0.15, 0.2) is 58.3 Å². The lowest BCUT2D eigenvalue weighted by Crippen LogP contribution is -2.39. The van der Waals surface area contributed by atoms with Gasteiger partial charge in [-0.15, -0.1) is 0 Å². The SMILES string of the molecule is COc1ccc(S(=O)(=O)N2CCCC2CS(=O)(=O)c2ccccc2)c(C)c1. The monoisotopic (exact) mass is 409 g/mol. The normalized spacial score (nSPS) is 18.5. The van der Waals surface area contributed by atoms with Crippen LogP contribution in [-0.4, -0.2) is 46.6 Å². The van der Waals surface area contributed by atoms with Crippen LogP contribution in [0.4, 0.5) is 0 Å². The topological polar surface area (TPSA) is 80.8 Å². The molecule has 1 aliphatic heterocycles. The molecule has 27 heavy (non-hydrogen) atoms. The van der Waals surface area contributed by atoms with Gasteiger partial charge in [-0.2, -0.15) is 4.31 Å². The molecule has 1 atom stereocenters. The number of ether oxygens (including phenoxy) is 1. The van der Waals surface area contributed by atoms with E-state index in [-0.39, 0.29) is 15.5 Å². The Morgan fingerprint density at radius 3 is 2.41 bits per heavy atom. The van der Waals surface area contributed by atoms with Crippen LogP contribution >= 0.6 is 0 Å². The second-order valence-corrected chi connectivity index (χ2v) is 10.5. The standard InChI is InChI=1S/C19H23NO5S2/c1-15-13-17(25-2)10-11-19(15)27(23,24)20-12-6-7-16(20)14-26(21,22)18-8-4-3-5-9-18/h3-5,8-11,13,16H,6-7,12,14H2,1-2H3. The van der Waals surface area contributed by atoms with E-state index in [1.807, 2.05) is 0 Å². The third kappa shape index (κ3) is 4.02. The third-order valence-electron chi connectivity index (χ3n) is 4.81. The highest BCUT2D eigenvalue weighted by Gasteiger charge is 2.38. The summed E-state index contributed by atoms with van der Waals surface area (Å²) in [5.74, 6) is 0.363. The van der Waals surface area contributed by atoms with Crippen LogP contribution in [0.1, 0.15) is 18.4 Å². The highest BCUT2D eigenvalue weighted by molar-refractivity contribution is 7.91. The van der Waals surface area contributed by atoms with E-state index in [9.17, 15) is 16.8 Å². The fourth-order valence-corrected chi connectivity index (χ4v) is 7.05. The maximum absolute atomic E-state index is 13.2. The number of methoxy groups -OCH3 is 1. The molecule has 0 bridgehead atoms. The summed E-state index contributed by atoms with van der Waals surface area (Å²) in [4.78, 5) is 0.405. The minimum absolute atomic E-state index is 0.187. The van der Waals surface area contributed by atoms with Crippen molar-refractivity contribution in [2.75, 3.05) is 19.4 Å². The zero-order valence-corrected chi connectivity index (χ0v) is 17.0. The zero-order valence-electron chi connectivity index (χ0n) is 15.3. The minimum atomic E-state index is -3.78. The molecule has 0 saturated carbocycles. The Morgan fingerprint density at radius 2 is 1.78 bits per heavy atom. The molecule has 6 nitrogen and oxygen atoms in total. The molecule has 1 heterocycles. The molecule has 146 valence electrons. The summed E-state index contributed by atoms with van der Waals surface area (Å²) in [6, 6.07) is 12.4. The van der Waals surface area contributed by atoms with E-state index in [2.05, 4.69) is 0 Å². The van der Waals surface area contributed by atoms with E-state index < -0.39 is 25.9 Å². The van der Waals surface area contributed by atoms with E-state index in [0.29, 0.717) is 30.7 Å². The van der Waals surface area contributed by atoms with Crippen LogP contribution in [0, 0.1) is 6.92 Å². The van der Waals surface area contributed by atoms with Crippen LogP contribution in [0.2, 0.25) is 0 Å². The summed E-state index contributed by atoms with van der Waals surface area (Å²) >= 11 is 0. The first-order chi connectivity index (χ1) is 12.8. The smallest absolute Gasteiger partial charge is 0.243 e. The Morgan fingerprint density at radius 1 is 1.07 bits per heavy atom. The van der Waals surface area contributed by atoms with E-state index in [1.165, 1.54) is 29.6 Å². The molecule has 1 unspecified atom stereocenters. The van der Waals surface area contributed by atoms with Crippen molar-refractivity contribution in [1.82, 2.24) is 4.31 Å². The average molecular weight is 410 g/mol. The number of rotatable bonds is 6. The lowest BCUT2D eigenvalue weighted by molar-refractivity contribution is 0.406. The Hall–Kier alpha value is -1.90. The van der Waals surface area contributed by atoms with Gasteiger partial charge in [-0.05, 0) is 55.7 Å². The first-order valence-corrected chi connectivity index (χ1v) is 11.8. The summed E-state index contributed by atoms with van der Waals surface area (Å²) in [6.07, 6.45) is 1.17. The first kappa shape index (κ1) is 19.9. The molecule has 0 aromatic heterocycles. The van der Waals surface area contributed by atoms with E-state index in [4.69, 9.17) is 4.74 Å². The summed E-state index contributed by atoms with van der Waals surface area (Å²) in [5, 5.41) is 0. The van der Waals surface area contributed by atoms with Gasteiger partial charge >= 0.3 is 0 Å². The molecule has 1 aliphatic rings. The van der Waals surface area contributed by atoms with Gasteiger partial charge in [-0.3, -0.25) is 0 Å². The molecule has 2 aromatic carbocycles. The van der Waals surface area contributed by atoms with Gasteiger partial charge in [-0.1, -0.05) is 18.2 Å². The van der Waals surface area contributed by atoms with Crippen LogP contribution in [-0.2, 0) is 19.9 Å². The molecule has 0 radical (unpaired) electrons. The van der Waals surface area contributed by atoms with Crippen molar-refractivity contribution in [3.63, 3.8) is 0 Å². The van der Waals surface area contributed by atoms with Gasteiger partial charge in [0.2, 0.25) is 10.0 Å². The molecular formula is C19H23NO5S2. The van der Waals surface area contributed by atoms with Gasteiger partial charge in [0.25, 0.3) is 0 Å². The van der Waals surface area contributed by atoms with Crippen molar-refractivity contribution in [2.45, 2.75) is 35.6 Å². The summed E-state index contributed by atoms with van der Waals surface area (Å²) in [6.45, 7) is 2.03. The lowest BCUT2D eigenvalue weighted by Gasteiger charge is -2.25. The minimum Gasteiger partial charge on any atom is -0.497 e. The molecule has 8 heteroatoms. The van der Waals surface area contributed by atoms with Crippen molar-refractivity contribution in [2.24, 2.45) is 0 Å². The number of sulfonamides is 1. The van der Waals surface area contributed by atoms with Gasteiger partial charge < -0.3 is 4.74 Å². The highest BCUT2D eigenvalue weighted by Crippen LogP contribution is 2.31. The molecule has 0 amide bonds. The summed E-state index contributed by atoms with van der Waals surface area (Å²) in [7, 11) is -5.83. The highest BCUT2D eigenvalue weighted by atomic mass is 32.2. The summed E-state index contributed by atoms with van der Waals surface area (Å²) < 4.78 is 58.2. The molecule has 1 fully saturated rings. The summed E-state index contributed by atoms with van der Waals surface area (Å²) in [5.41, 5.74) is 0.575. The Kier molecular flexibility index (Phi) is 5.60. The fraction of sp³-hybridized carbons (Fsp3) is 0.368. The molecule has 3 rings (SSSR count). The van der Waals surface area contributed by atoms with Crippen molar-refractivity contribution in [3.8, 4) is 5.75 Å². The molecule has 2 aromatic rings. The number of benzene rings is 2. The van der Waals surface area contributed by atoms with Crippen molar-refractivity contribution in [3.05, 3.63) is 54.1 Å². The van der Waals surface area contributed by atoms with Crippen LogP contribution in [0.5, 0.6) is 5.75 Å². The average Bonchev–Trinajstić information content (AvgIpc) is 3.10. The van der Waals surface area contributed by atoms with Gasteiger partial charge in [0.1, 0.15) is 5.75 Å². The third-order valence-corrected chi connectivity index (χ3v) is 8.73. The maximum atomic E-state index is 13.2. The van der Waals surface area contributed by atoms with Gasteiger partial charge in [-0.25, -0.2) is 16.8 Å². The number of aryl methyl sites for hydroxylation is 1. The van der Waals surface area contributed by atoms with Crippen molar-refractivity contribution < 1.29 is 21.6 Å². The Bertz CT molecular complexity index is 1020.